The Balaban J connectivity index is 2.55. The topological polar surface area (TPSA) is 72.7 Å². The summed E-state index contributed by atoms with van der Waals surface area (Å²) in [5.74, 6) is -1.27. The van der Waals surface area contributed by atoms with Crippen LogP contribution in [0.25, 0.3) is 0 Å². The molecule has 4 heteroatoms. The number of carbonyl (C=O) groups is 1. The second-order valence-electron chi connectivity index (χ2n) is 1.93. The number of aliphatic hydroxyl groups excluding tert-OH is 1. The molecule has 1 rings (SSSR count). The highest BCUT2D eigenvalue weighted by Crippen LogP contribution is 2.03. The Kier molecular flexibility index (Phi) is 1.48. The van der Waals surface area contributed by atoms with E-state index in [9.17, 15) is 9.90 Å². The Labute approximate surface area is 51.8 Å². The fraction of sp³-hybridized carbons (Fsp3) is 0.600. The Bertz CT molecular complexity index is 164. The first-order valence-corrected chi connectivity index (χ1v) is 2.63. The number of carboxylic acid groups (broad SMARTS) is 1. The Morgan fingerprint density at radius 3 is 2.78 bits per heavy atom. The van der Waals surface area contributed by atoms with E-state index in [2.05, 4.69) is 4.99 Å². The highest BCUT2D eigenvalue weighted by atomic mass is 16.4. The molecule has 0 aliphatic carbocycles. The molecular formula is C5H6NO3-. The summed E-state index contributed by atoms with van der Waals surface area (Å²) >= 11 is 0. The second kappa shape index (κ2) is 2.14. The summed E-state index contributed by atoms with van der Waals surface area (Å²) < 4.78 is 0. The summed E-state index contributed by atoms with van der Waals surface area (Å²) in [6.45, 7) is 0.198. The summed E-state index contributed by atoms with van der Waals surface area (Å²) in [5, 5.41) is 18.7. The van der Waals surface area contributed by atoms with Crippen LogP contribution < -0.4 is 5.11 Å². The average molecular weight is 128 g/mol. The maximum Gasteiger partial charge on any atom is 0.0854 e. The Morgan fingerprint density at radius 2 is 2.56 bits per heavy atom. The highest BCUT2D eigenvalue weighted by Gasteiger charge is 2.15. The average Bonchev–Trinajstić information content (AvgIpc) is 2.14. The van der Waals surface area contributed by atoms with Gasteiger partial charge in [0.05, 0.1) is 24.3 Å². The van der Waals surface area contributed by atoms with Crippen LogP contribution in [0.4, 0.5) is 0 Å². The molecule has 0 bridgehead atoms. The van der Waals surface area contributed by atoms with Crippen LogP contribution in [-0.4, -0.2) is 29.4 Å². The van der Waals surface area contributed by atoms with Gasteiger partial charge >= 0.3 is 0 Å². The maximum atomic E-state index is 9.99. The molecule has 1 aliphatic heterocycles. The van der Waals surface area contributed by atoms with Crippen LogP contribution in [0, 0.1) is 0 Å². The molecule has 0 saturated heterocycles. The van der Waals surface area contributed by atoms with E-state index < -0.39 is 12.1 Å². The maximum absolute atomic E-state index is 9.99. The summed E-state index contributed by atoms with van der Waals surface area (Å²) in [6, 6.07) is 0. The zero-order chi connectivity index (χ0) is 6.85. The second-order valence-corrected chi connectivity index (χ2v) is 1.93. The molecule has 0 amide bonds. The van der Waals surface area contributed by atoms with Crippen molar-refractivity contribution in [3.8, 4) is 0 Å². The van der Waals surface area contributed by atoms with E-state index in [1.54, 1.807) is 0 Å². The highest BCUT2D eigenvalue weighted by molar-refractivity contribution is 6.35. The standard InChI is InChI=1S/C5H7NO3/c7-3-1-4(5(8)9)6-2-3/h3,7H,1-2H2,(H,8,9)/p-1. The Morgan fingerprint density at radius 1 is 1.89 bits per heavy atom. The van der Waals surface area contributed by atoms with Gasteiger partial charge < -0.3 is 15.0 Å². The summed E-state index contributed by atoms with van der Waals surface area (Å²) in [4.78, 5) is 13.5. The lowest BCUT2D eigenvalue weighted by Crippen LogP contribution is -2.31. The number of carbonyl (C=O) groups excluding carboxylic acids is 1. The number of carboxylic acids is 1. The van der Waals surface area contributed by atoms with Crippen LogP contribution in [0.5, 0.6) is 0 Å². The number of hydrogen-bond donors (Lipinski definition) is 1. The molecule has 50 valence electrons. The van der Waals surface area contributed by atoms with E-state index in [4.69, 9.17) is 5.11 Å². The van der Waals surface area contributed by atoms with Crippen LogP contribution in [0.3, 0.4) is 0 Å². The van der Waals surface area contributed by atoms with E-state index in [1.165, 1.54) is 0 Å². The lowest BCUT2D eigenvalue weighted by atomic mass is 10.2. The minimum atomic E-state index is -1.27. The van der Waals surface area contributed by atoms with Crippen LogP contribution in [0.15, 0.2) is 4.99 Å². The van der Waals surface area contributed by atoms with Gasteiger partial charge in [-0.3, -0.25) is 4.99 Å². The first kappa shape index (κ1) is 6.22. The smallest absolute Gasteiger partial charge is 0.0854 e. The monoisotopic (exact) mass is 128 g/mol. The SMILES string of the molecule is O=C([O-])C1=NCC(O)C1. The van der Waals surface area contributed by atoms with E-state index in [-0.39, 0.29) is 18.7 Å². The lowest BCUT2D eigenvalue weighted by molar-refractivity contribution is -0.294. The van der Waals surface area contributed by atoms with E-state index >= 15 is 0 Å². The third-order valence-electron chi connectivity index (χ3n) is 1.16. The van der Waals surface area contributed by atoms with Crippen molar-refractivity contribution in [3.05, 3.63) is 0 Å². The molecule has 0 spiro atoms. The molecule has 1 aliphatic rings. The van der Waals surface area contributed by atoms with Gasteiger partial charge in [0, 0.05) is 6.42 Å². The zero-order valence-corrected chi connectivity index (χ0v) is 4.70. The first-order valence-electron chi connectivity index (χ1n) is 2.63. The third kappa shape index (κ3) is 1.26. The number of aliphatic carboxylic acids is 1. The van der Waals surface area contributed by atoms with Crippen molar-refractivity contribution in [1.29, 1.82) is 0 Å². The first-order chi connectivity index (χ1) is 4.20. The molecule has 1 heterocycles. The van der Waals surface area contributed by atoms with Crippen molar-refractivity contribution < 1.29 is 15.0 Å². The van der Waals surface area contributed by atoms with Crippen molar-refractivity contribution in [3.63, 3.8) is 0 Å². The van der Waals surface area contributed by atoms with Gasteiger partial charge in [0.2, 0.25) is 0 Å². The van der Waals surface area contributed by atoms with Gasteiger partial charge in [-0.2, -0.15) is 0 Å². The van der Waals surface area contributed by atoms with Gasteiger partial charge in [0.25, 0.3) is 0 Å². The lowest BCUT2D eigenvalue weighted by Gasteiger charge is -1.99. The molecule has 0 aromatic carbocycles. The molecule has 0 aromatic rings. The molecule has 1 unspecified atom stereocenters. The van der Waals surface area contributed by atoms with Crippen LogP contribution in [0.1, 0.15) is 6.42 Å². The minimum Gasteiger partial charge on any atom is -0.543 e. The summed E-state index contributed by atoms with van der Waals surface area (Å²) in [7, 11) is 0. The molecule has 0 saturated carbocycles. The predicted molar refractivity (Wildman–Crippen MR) is 27.9 cm³/mol. The van der Waals surface area contributed by atoms with Crippen LogP contribution in [-0.2, 0) is 4.79 Å². The Hall–Kier alpha value is -0.900. The quantitative estimate of drug-likeness (QED) is 0.441. The largest absolute Gasteiger partial charge is 0.543 e. The van der Waals surface area contributed by atoms with Crippen molar-refractivity contribution in [2.24, 2.45) is 4.99 Å². The fourth-order valence-corrected chi connectivity index (χ4v) is 0.716. The molecule has 4 nitrogen and oxygen atoms in total. The van der Waals surface area contributed by atoms with Crippen molar-refractivity contribution in [1.82, 2.24) is 0 Å². The third-order valence-corrected chi connectivity index (χ3v) is 1.16. The van der Waals surface area contributed by atoms with Crippen molar-refractivity contribution in [2.75, 3.05) is 6.54 Å². The van der Waals surface area contributed by atoms with Gasteiger partial charge in [-0.1, -0.05) is 0 Å². The number of aliphatic imine (C=N–C) groups is 1. The number of nitrogens with zero attached hydrogens (tertiary/aromatic N) is 1. The van der Waals surface area contributed by atoms with Crippen LogP contribution in [0.2, 0.25) is 0 Å². The number of rotatable bonds is 1. The van der Waals surface area contributed by atoms with E-state index in [0.717, 1.165) is 0 Å². The molecule has 0 radical (unpaired) electrons. The van der Waals surface area contributed by atoms with E-state index in [0.29, 0.717) is 0 Å². The molecule has 1 atom stereocenters. The summed E-state index contributed by atoms with van der Waals surface area (Å²) in [5.41, 5.74) is -0.0255. The zero-order valence-electron chi connectivity index (χ0n) is 4.70. The molecule has 0 fully saturated rings. The predicted octanol–water partition coefficient (Wildman–Crippen LogP) is -2.06. The summed E-state index contributed by atoms with van der Waals surface area (Å²) in [6.07, 6.45) is -0.486. The number of hydrogen-bond acceptors (Lipinski definition) is 4. The molecular weight excluding hydrogens is 122 g/mol. The normalized spacial score (nSPS) is 25.9. The molecule has 9 heavy (non-hydrogen) atoms. The molecule has 0 aromatic heterocycles. The van der Waals surface area contributed by atoms with Gasteiger partial charge in [-0.05, 0) is 0 Å². The molecule has 1 N–H and O–H groups in total. The van der Waals surface area contributed by atoms with E-state index in [1.807, 2.05) is 0 Å². The minimum absolute atomic E-state index is 0.0255. The van der Waals surface area contributed by atoms with Gasteiger partial charge in [0.15, 0.2) is 0 Å². The van der Waals surface area contributed by atoms with Gasteiger partial charge in [-0.25, -0.2) is 0 Å². The van der Waals surface area contributed by atoms with Gasteiger partial charge in [0.1, 0.15) is 0 Å². The fourth-order valence-electron chi connectivity index (χ4n) is 0.716. The van der Waals surface area contributed by atoms with Crippen molar-refractivity contribution in [2.45, 2.75) is 12.5 Å². The van der Waals surface area contributed by atoms with Crippen molar-refractivity contribution >= 4 is 11.7 Å². The van der Waals surface area contributed by atoms with Crippen LogP contribution >= 0.6 is 0 Å². The number of aliphatic hydroxyl groups is 1. The van der Waals surface area contributed by atoms with Gasteiger partial charge in [-0.15, -0.1) is 0 Å².